The van der Waals surface area contributed by atoms with Gasteiger partial charge in [0.2, 0.25) is 11.6 Å². The third-order valence-corrected chi connectivity index (χ3v) is 3.97. The number of hydrogen-bond acceptors (Lipinski definition) is 7. The molecule has 1 aliphatic heterocycles. The van der Waals surface area contributed by atoms with Crippen molar-refractivity contribution in [3.8, 4) is 0 Å². The smallest absolute Gasteiger partial charge is 0.348 e. The van der Waals surface area contributed by atoms with E-state index in [-0.39, 0.29) is 23.0 Å². The lowest BCUT2D eigenvalue weighted by Gasteiger charge is -2.32. The van der Waals surface area contributed by atoms with Crippen molar-refractivity contribution in [1.29, 1.82) is 0 Å². The lowest BCUT2D eigenvalue weighted by atomic mass is 10.2. The number of benzene rings is 1. The molecule has 0 radical (unpaired) electrons. The largest absolute Gasteiger partial charge is 0.353 e. The number of halogens is 2. The molecule has 1 N–H and O–H groups in total. The summed E-state index contributed by atoms with van der Waals surface area (Å²) in [4.78, 5) is 22.8. The third-order valence-electron chi connectivity index (χ3n) is 3.97. The fourth-order valence-electron chi connectivity index (χ4n) is 2.60. The molecule has 0 unspecified atom stereocenters. The summed E-state index contributed by atoms with van der Waals surface area (Å²) in [6, 6.07) is 2.91. The molecule has 1 aromatic heterocycles. The van der Waals surface area contributed by atoms with Crippen LogP contribution >= 0.6 is 0 Å². The van der Waals surface area contributed by atoms with Gasteiger partial charge in [-0.1, -0.05) is 0 Å². The van der Waals surface area contributed by atoms with Gasteiger partial charge >= 0.3 is 5.69 Å². The average molecular weight is 350 g/mol. The number of likely N-dealkylation sites (N-methyl/N-ethyl adjacent to an activating group) is 1. The molecular formula is C15H16F2N6O2. The molecular weight excluding hydrogens is 334 g/mol. The Balaban J connectivity index is 1.96. The molecule has 25 heavy (non-hydrogen) atoms. The molecule has 0 bridgehead atoms. The maximum absolute atomic E-state index is 13.8. The molecule has 2 aromatic rings. The number of aromatic nitrogens is 2. The predicted octanol–water partition coefficient (Wildman–Crippen LogP) is 2.16. The van der Waals surface area contributed by atoms with E-state index in [1.807, 2.05) is 7.05 Å². The van der Waals surface area contributed by atoms with E-state index in [2.05, 4.69) is 20.2 Å². The summed E-state index contributed by atoms with van der Waals surface area (Å²) in [5.41, 5.74) is -0.441. The summed E-state index contributed by atoms with van der Waals surface area (Å²) >= 11 is 0. The van der Waals surface area contributed by atoms with Crippen LogP contribution in [0.25, 0.3) is 0 Å². The summed E-state index contributed by atoms with van der Waals surface area (Å²) in [6.45, 7) is 2.66. The predicted molar refractivity (Wildman–Crippen MR) is 88.0 cm³/mol. The van der Waals surface area contributed by atoms with Crippen LogP contribution in [0.1, 0.15) is 0 Å². The molecule has 8 nitrogen and oxygen atoms in total. The number of nitro groups is 1. The Morgan fingerprint density at radius 1 is 1.20 bits per heavy atom. The molecule has 0 aliphatic carbocycles. The van der Waals surface area contributed by atoms with Gasteiger partial charge in [-0.25, -0.2) is 18.7 Å². The van der Waals surface area contributed by atoms with Gasteiger partial charge in [0.25, 0.3) is 0 Å². The molecule has 0 saturated carbocycles. The van der Waals surface area contributed by atoms with Crippen LogP contribution in [-0.2, 0) is 0 Å². The van der Waals surface area contributed by atoms with E-state index in [9.17, 15) is 18.9 Å². The van der Waals surface area contributed by atoms with E-state index in [1.165, 1.54) is 6.33 Å². The van der Waals surface area contributed by atoms with Crippen LogP contribution in [0.2, 0.25) is 0 Å². The molecule has 10 heteroatoms. The van der Waals surface area contributed by atoms with Crippen molar-refractivity contribution in [2.75, 3.05) is 43.4 Å². The lowest BCUT2D eigenvalue weighted by molar-refractivity contribution is -0.383. The summed E-state index contributed by atoms with van der Waals surface area (Å²) in [5, 5.41) is 14.1. The average Bonchev–Trinajstić information content (AvgIpc) is 2.57. The van der Waals surface area contributed by atoms with Crippen LogP contribution in [0.5, 0.6) is 0 Å². The molecule has 1 aromatic carbocycles. The number of nitrogens with zero attached hydrogens (tertiary/aromatic N) is 5. The van der Waals surface area contributed by atoms with E-state index in [1.54, 1.807) is 4.90 Å². The molecule has 1 saturated heterocycles. The molecule has 1 aliphatic rings. The first-order chi connectivity index (χ1) is 12.0. The van der Waals surface area contributed by atoms with Crippen molar-refractivity contribution in [3.05, 3.63) is 46.3 Å². The van der Waals surface area contributed by atoms with Crippen molar-refractivity contribution in [3.63, 3.8) is 0 Å². The zero-order chi connectivity index (χ0) is 18.0. The minimum Gasteiger partial charge on any atom is -0.348 e. The van der Waals surface area contributed by atoms with Gasteiger partial charge in [0, 0.05) is 32.2 Å². The number of nitrogens with one attached hydrogen (secondary N) is 1. The zero-order valence-electron chi connectivity index (χ0n) is 13.4. The molecule has 0 atom stereocenters. The van der Waals surface area contributed by atoms with Crippen molar-refractivity contribution in [1.82, 2.24) is 14.9 Å². The summed E-state index contributed by atoms with van der Waals surface area (Å²) in [7, 11) is 1.97. The number of rotatable bonds is 4. The number of piperazine rings is 1. The third kappa shape index (κ3) is 3.63. The SMILES string of the molecule is CN1CCN(c2ncnc(Nc3ccc(F)cc3F)c2[N+](=O)[O-])CC1. The van der Waals surface area contributed by atoms with E-state index < -0.39 is 16.6 Å². The van der Waals surface area contributed by atoms with Gasteiger partial charge in [0.15, 0.2) is 0 Å². The van der Waals surface area contributed by atoms with Crippen molar-refractivity contribution in [2.24, 2.45) is 0 Å². The highest BCUT2D eigenvalue weighted by atomic mass is 19.1. The van der Waals surface area contributed by atoms with E-state index in [4.69, 9.17) is 0 Å². The Hall–Kier alpha value is -2.88. The van der Waals surface area contributed by atoms with Crippen molar-refractivity contribution in [2.45, 2.75) is 0 Å². The molecule has 1 fully saturated rings. The standard InChI is InChI=1S/C15H16F2N6O2/c1-21-4-6-22(7-5-21)15-13(23(24)25)14(18-9-19-15)20-12-3-2-10(16)8-11(12)17/h2-3,8-9H,4-7H2,1H3,(H,18,19,20). The van der Waals surface area contributed by atoms with E-state index in [0.29, 0.717) is 19.2 Å². The number of anilines is 3. The first kappa shape index (κ1) is 17.0. The van der Waals surface area contributed by atoms with Crippen LogP contribution in [0, 0.1) is 21.7 Å². The Labute approximate surface area is 142 Å². The fourth-order valence-corrected chi connectivity index (χ4v) is 2.60. The number of hydrogen-bond donors (Lipinski definition) is 1. The maximum atomic E-state index is 13.8. The Morgan fingerprint density at radius 3 is 2.56 bits per heavy atom. The molecule has 132 valence electrons. The quantitative estimate of drug-likeness (QED) is 0.668. The molecule has 3 rings (SSSR count). The first-order valence-electron chi connectivity index (χ1n) is 7.60. The van der Waals surface area contributed by atoms with Crippen molar-refractivity contribution < 1.29 is 13.7 Å². The zero-order valence-corrected chi connectivity index (χ0v) is 13.4. The maximum Gasteiger partial charge on any atom is 0.353 e. The highest BCUT2D eigenvalue weighted by Crippen LogP contribution is 2.34. The van der Waals surface area contributed by atoms with Gasteiger partial charge < -0.3 is 15.1 Å². The van der Waals surface area contributed by atoms with Gasteiger partial charge in [-0.3, -0.25) is 10.1 Å². The molecule has 0 spiro atoms. The Morgan fingerprint density at radius 2 is 1.92 bits per heavy atom. The summed E-state index contributed by atoms with van der Waals surface area (Å²) < 4.78 is 26.9. The first-order valence-corrected chi connectivity index (χ1v) is 7.60. The van der Waals surface area contributed by atoms with Crippen LogP contribution in [0.3, 0.4) is 0 Å². The molecule has 0 amide bonds. The second kappa shape index (κ2) is 6.93. The second-order valence-corrected chi connectivity index (χ2v) is 5.69. The highest BCUT2D eigenvalue weighted by molar-refractivity contribution is 5.74. The summed E-state index contributed by atoms with van der Waals surface area (Å²) in [6.07, 6.45) is 1.18. The molecule has 2 heterocycles. The van der Waals surface area contributed by atoms with Crippen molar-refractivity contribution >= 4 is 23.0 Å². The van der Waals surface area contributed by atoms with Gasteiger partial charge in [-0.15, -0.1) is 0 Å². The second-order valence-electron chi connectivity index (χ2n) is 5.69. The van der Waals surface area contributed by atoms with Crippen LogP contribution in [0.4, 0.5) is 31.8 Å². The highest BCUT2D eigenvalue weighted by Gasteiger charge is 2.29. The topological polar surface area (TPSA) is 87.4 Å². The lowest BCUT2D eigenvalue weighted by Crippen LogP contribution is -2.45. The van der Waals surface area contributed by atoms with Gasteiger partial charge in [0.1, 0.15) is 18.0 Å². The minimum absolute atomic E-state index is 0.104. The minimum atomic E-state index is -0.867. The normalized spacial score (nSPS) is 15.2. The van der Waals surface area contributed by atoms with E-state index >= 15 is 0 Å². The van der Waals surface area contributed by atoms with Crippen LogP contribution < -0.4 is 10.2 Å². The fraction of sp³-hybridized carbons (Fsp3) is 0.333. The van der Waals surface area contributed by atoms with Gasteiger partial charge in [0.05, 0.1) is 10.6 Å². The van der Waals surface area contributed by atoms with Gasteiger partial charge in [-0.05, 0) is 19.2 Å². The van der Waals surface area contributed by atoms with Crippen LogP contribution in [0.15, 0.2) is 24.5 Å². The van der Waals surface area contributed by atoms with Gasteiger partial charge in [-0.2, -0.15) is 0 Å². The van der Waals surface area contributed by atoms with Crippen LogP contribution in [-0.4, -0.2) is 53.0 Å². The van der Waals surface area contributed by atoms with E-state index in [0.717, 1.165) is 25.2 Å². The monoisotopic (exact) mass is 350 g/mol. The Kier molecular flexibility index (Phi) is 4.70. The Bertz CT molecular complexity index is 796. The summed E-state index contributed by atoms with van der Waals surface area (Å²) in [5.74, 6) is -1.56.